The molecule has 4 aliphatic rings. The van der Waals surface area contributed by atoms with Gasteiger partial charge in [-0.25, -0.2) is 0 Å². The normalized spacial score (nSPS) is 18.4. The van der Waals surface area contributed by atoms with Gasteiger partial charge in [-0.2, -0.15) is 0 Å². The molecule has 0 unspecified atom stereocenters. The summed E-state index contributed by atoms with van der Waals surface area (Å²) in [6.07, 6.45) is 11.8. The molecule has 0 atom stereocenters. The number of hydrogen-bond acceptors (Lipinski definition) is 5. The van der Waals surface area contributed by atoms with E-state index in [4.69, 9.17) is 9.97 Å². The molecule has 3 aromatic rings. The molecule has 0 fully saturated rings. The number of ketones is 2. The summed E-state index contributed by atoms with van der Waals surface area (Å²) in [5.41, 5.74) is 8.14. The van der Waals surface area contributed by atoms with Crippen molar-refractivity contribution in [1.29, 1.82) is 0 Å². The Hall–Kier alpha value is -3.34. The molecule has 3 heterocycles. The van der Waals surface area contributed by atoms with E-state index in [1.165, 1.54) is 20.1 Å². The molecule has 0 amide bonds. The van der Waals surface area contributed by atoms with Gasteiger partial charge in [-0.15, -0.1) is 0 Å². The number of fused-ring (bicyclic) bond motifs is 5. The third-order valence-electron chi connectivity index (χ3n) is 6.60. The van der Waals surface area contributed by atoms with Crippen LogP contribution < -0.4 is 0 Å². The van der Waals surface area contributed by atoms with Gasteiger partial charge in [0.15, 0.2) is 0 Å². The summed E-state index contributed by atoms with van der Waals surface area (Å²) < 4.78 is 2.65. The summed E-state index contributed by atoms with van der Waals surface area (Å²) in [4.78, 5) is 37.6. The van der Waals surface area contributed by atoms with Gasteiger partial charge in [0.2, 0.25) is 0 Å². The Bertz CT molecular complexity index is 1480. The topological polar surface area (TPSA) is 63.2 Å². The minimum atomic E-state index is -0.165. The van der Waals surface area contributed by atoms with Gasteiger partial charge in [-0.1, -0.05) is 0 Å². The Balaban J connectivity index is 1.11. The van der Waals surface area contributed by atoms with Gasteiger partial charge in [-0.3, -0.25) is 0 Å². The van der Waals surface area contributed by atoms with Crippen LogP contribution >= 0.6 is 0 Å². The van der Waals surface area contributed by atoms with Gasteiger partial charge < -0.3 is 0 Å². The molecular weight excluding hydrogens is 465 g/mol. The summed E-state index contributed by atoms with van der Waals surface area (Å²) in [6.45, 7) is 1.78. The van der Waals surface area contributed by atoms with E-state index in [0.717, 1.165) is 48.4 Å². The Kier molecular flexibility index (Phi) is 3.75. The van der Waals surface area contributed by atoms with Crippen molar-refractivity contribution in [2.45, 2.75) is 25.9 Å². The van der Waals surface area contributed by atoms with Crippen molar-refractivity contribution in [3.63, 3.8) is 0 Å². The molecule has 154 valence electrons. The number of Topliss-reactive ketones (excluding diaryl/α,β-unsaturated/α-hetero) is 2. The number of aromatic nitrogens is 2. The van der Waals surface area contributed by atoms with Crippen LogP contribution in [0.2, 0.25) is 0 Å². The minimum absolute atomic E-state index is 0.165. The molecule has 1 aliphatic heterocycles. The van der Waals surface area contributed by atoms with Gasteiger partial charge >= 0.3 is 190 Å². The maximum atomic E-state index is 12.7. The van der Waals surface area contributed by atoms with Gasteiger partial charge in [0, 0.05) is 0 Å². The van der Waals surface area contributed by atoms with Crippen molar-refractivity contribution in [1.82, 2.24) is 14.9 Å². The first-order chi connectivity index (χ1) is 15.7. The number of carbonyl (C=O) groups excluding carboxylic acids is 2. The van der Waals surface area contributed by atoms with Crippen molar-refractivity contribution in [3.05, 3.63) is 97.9 Å². The van der Waals surface area contributed by atoms with Crippen LogP contribution in [0.15, 0.2) is 65.4 Å². The molecular formula is C26H17N3O2Se. The monoisotopic (exact) mass is 483 g/mol. The van der Waals surface area contributed by atoms with E-state index < -0.39 is 0 Å². The zero-order valence-corrected chi connectivity index (χ0v) is 18.8. The molecule has 32 heavy (non-hydrogen) atoms. The molecule has 0 N–H and O–H groups in total. The number of allylic oxidation sites excluding steroid dienone is 6. The van der Waals surface area contributed by atoms with Crippen LogP contribution in [0.3, 0.4) is 0 Å². The van der Waals surface area contributed by atoms with Gasteiger partial charge in [0.05, 0.1) is 0 Å². The zero-order chi connectivity index (χ0) is 21.4. The van der Waals surface area contributed by atoms with Crippen molar-refractivity contribution >= 4 is 42.1 Å². The quantitative estimate of drug-likeness (QED) is 0.316. The molecule has 3 aliphatic carbocycles. The van der Waals surface area contributed by atoms with E-state index in [1.54, 1.807) is 30.3 Å². The van der Waals surface area contributed by atoms with Crippen molar-refractivity contribution in [3.8, 4) is 0 Å². The molecule has 7 rings (SSSR count). The second kappa shape index (κ2) is 6.58. The SMILES string of the molecule is O=C1C(=CC2=CC=C(N3Cc4[se]c5nc6c(nc5c4C3)CC=C6)C2)C(=O)c2ccccc21. The molecule has 1 aromatic carbocycles. The standard InChI is InChI=1S/C26H17N3O2Se/c30-24-16-4-1-2-5-17(16)25(31)18(24)11-14-8-9-15(10-14)29-12-19-22(13-29)32-26-23(19)27-20-6-3-7-21(20)28-26/h1-5,7-9,11H,6,10,12-13H2. The fourth-order valence-corrected chi connectivity index (χ4v) is 7.37. The Morgan fingerprint density at radius 2 is 1.81 bits per heavy atom. The van der Waals surface area contributed by atoms with E-state index in [0.29, 0.717) is 11.1 Å². The van der Waals surface area contributed by atoms with Crippen LogP contribution in [0.4, 0.5) is 0 Å². The molecule has 2 aromatic heterocycles. The van der Waals surface area contributed by atoms with Gasteiger partial charge in [0.1, 0.15) is 0 Å². The molecule has 6 heteroatoms. The summed E-state index contributed by atoms with van der Waals surface area (Å²) in [7, 11) is 0. The van der Waals surface area contributed by atoms with Crippen LogP contribution in [0, 0.1) is 0 Å². The average molecular weight is 482 g/mol. The number of nitrogens with zero attached hydrogens (tertiary/aromatic N) is 3. The Morgan fingerprint density at radius 3 is 2.62 bits per heavy atom. The average Bonchev–Trinajstić information content (AvgIpc) is 3.60. The Morgan fingerprint density at radius 1 is 1.00 bits per heavy atom. The van der Waals surface area contributed by atoms with Crippen LogP contribution in [0.5, 0.6) is 0 Å². The number of rotatable bonds is 2. The third kappa shape index (κ3) is 2.57. The van der Waals surface area contributed by atoms with Crippen LogP contribution in [0.25, 0.3) is 16.0 Å². The van der Waals surface area contributed by atoms with Crippen LogP contribution in [-0.4, -0.2) is 40.9 Å². The molecule has 0 radical (unpaired) electrons. The van der Waals surface area contributed by atoms with E-state index in [9.17, 15) is 9.59 Å². The molecule has 0 bridgehead atoms. The van der Waals surface area contributed by atoms with Crippen molar-refractivity contribution in [2.75, 3.05) is 0 Å². The molecule has 5 nitrogen and oxygen atoms in total. The summed E-state index contributed by atoms with van der Waals surface area (Å²) in [5, 5.41) is 0. The summed E-state index contributed by atoms with van der Waals surface area (Å²) in [6, 6.07) is 7.06. The van der Waals surface area contributed by atoms with Crippen molar-refractivity contribution in [2.24, 2.45) is 0 Å². The maximum absolute atomic E-state index is 12.7. The first-order valence-electron chi connectivity index (χ1n) is 10.7. The fraction of sp³-hybridized carbons (Fsp3) is 0.154. The predicted octanol–water partition coefficient (Wildman–Crippen LogP) is 3.79. The van der Waals surface area contributed by atoms with E-state index in [2.05, 4.69) is 23.1 Å². The second-order valence-electron chi connectivity index (χ2n) is 8.51. The van der Waals surface area contributed by atoms with Crippen molar-refractivity contribution < 1.29 is 9.59 Å². The summed E-state index contributed by atoms with van der Waals surface area (Å²) >= 11 is 0.240. The van der Waals surface area contributed by atoms with Crippen LogP contribution in [0.1, 0.15) is 48.5 Å². The summed E-state index contributed by atoms with van der Waals surface area (Å²) in [5.74, 6) is -0.330. The van der Waals surface area contributed by atoms with E-state index in [1.807, 2.05) is 6.08 Å². The fourth-order valence-electron chi connectivity index (χ4n) is 4.96. The van der Waals surface area contributed by atoms with E-state index in [-0.39, 0.29) is 31.6 Å². The van der Waals surface area contributed by atoms with Gasteiger partial charge in [-0.05, 0) is 0 Å². The second-order valence-corrected chi connectivity index (χ2v) is 10.8. The number of carbonyl (C=O) groups is 2. The van der Waals surface area contributed by atoms with Gasteiger partial charge in [0.25, 0.3) is 0 Å². The van der Waals surface area contributed by atoms with E-state index >= 15 is 0 Å². The first kappa shape index (κ1) is 18.3. The molecule has 0 saturated heterocycles. The predicted molar refractivity (Wildman–Crippen MR) is 122 cm³/mol. The number of benzene rings is 1. The number of hydrogen-bond donors (Lipinski definition) is 0. The third-order valence-corrected chi connectivity index (χ3v) is 8.90. The first-order valence-corrected chi connectivity index (χ1v) is 12.4. The zero-order valence-electron chi connectivity index (χ0n) is 17.1. The molecule has 0 spiro atoms. The molecule has 0 saturated carbocycles. The van der Waals surface area contributed by atoms with Crippen LogP contribution in [-0.2, 0) is 19.5 Å². The Labute approximate surface area is 190 Å².